The third kappa shape index (κ3) is 3.10. The van der Waals surface area contributed by atoms with Crippen LogP contribution >= 0.6 is 11.8 Å². The molecule has 0 spiro atoms. The first kappa shape index (κ1) is 16.7. The molecule has 1 atom stereocenters. The molecule has 1 saturated carbocycles. The molecule has 27 heavy (non-hydrogen) atoms. The van der Waals surface area contributed by atoms with E-state index in [1.54, 1.807) is 24.4 Å². The van der Waals surface area contributed by atoms with E-state index in [1.807, 2.05) is 0 Å². The van der Waals surface area contributed by atoms with Crippen molar-refractivity contribution in [2.45, 2.75) is 49.8 Å². The van der Waals surface area contributed by atoms with Gasteiger partial charge in [0.25, 0.3) is 0 Å². The number of hydrogen-bond acceptors (Lipinski definition) is 6. The summed E-state index contributed by atoms with van der Waals surface area (Å²) in [6.45, 7) is 2.17. The smallest absolute Gasteiger partial charge is 0.181 e. The van der Waals surface area contributed by atoms with Crippen LogP contribution in [0.4, 0.5) is 0 Å². The van der Waals surface area contributed by atoms with Crippen LogP contribution in [0.3, 0.4) is 0 Å². The summed E-state index contributed by atoms with van der Waals surface area (Å²) in [5, 5.41) is 3.31. The van der Waals surface area contributed by atoms with Gasteiger partial charge in [-0.1, -0.05) is 36.7 Å². The molecule has 1 N–H and O–H groups in total. The van der Waals surface area contributed by atoms with Crippen LogP contribution in [0.5, 0.6) is 0 Å². The van der Waals surface area contributed by atoms with Gasteiger partial charge < -0.3 is 9.88 Å². The maximum atomic E-state index is 5.12. The lowest BCUT2D eigenvalue weighted by Gasteiger charge is -2.35. The van der Waals surface area contributed by atoms with Crippen LogP contribution in [0.1, 0.15) is 31.2 Å². The first-order valence-corrected chi connectivity index (χ1v) is 10.5. The van der Waals surface area contributed by atoms with Gasteiger partial charge in [0.15, 0.2) is 5.65 Å². The molecule has 1 unspecified atom stereocenters. The Kier molecular flexibility index (Phi) is 4.32. The van der Waals surface area contributed by atoms with Crippen LogP contribution < -0.4 is 10.6 Å². The molecule has 7 heteroatoms. The molecule has 1 aliphatic heterocycles. The van der Waals surface area contributed by atoms with Crippen LogP contribution in [0.25, 0.3) is 17.4 Å². The van der Waals surface area contributed by atoms with E-state index in [-0.39, 0.29) is 6.17 Å². The van der Waals surface area contributed by atoms with Gasteiger partial charge in [-0.3, -0.25) is 4.99 Å². The van der Waals surface area contributed by atoms with Crippen molar-refractivity contribution in [2.24, 2.45) is 4.99 Å². The van der Waals surface area contributed by atoms with Crippen molar-refractivity contribution >= 4 is 29.1 Å². The molecule has 1 fully saturated rings. The highest BCUT2D eigenvalue weighted by atomic mass is 32.2. The van der Waals surface area contributed by atoms with Crippen molar-refractivity contribution in [3.05, 3.63) is 47.0 Å². The van der Waals surface area contributed by atoms with Gasteiger partial charge in [0.2, 0.25) is 0 Å². The molecule has 3 heterocycles. The van der Waals surface area contributed by atoms with E-state index >= 15 is 0 Å². The van der Waals surface area contributed by atoms with Crippen molar-refractivity contribution in [1.29, 1.82) is 0 Å². The SMILES string of the molecule is Cc1cccc2c1=CN(C1CCCC1)C(CSc1ncnc3nc[nH]c13)N=2. The van der Waals surface area contributed by atoms with E-state index < -0.39 is 0 Å². The fourth-order valence-electron chi connectivity index (χ4n) is 4.09. The molecule has 0 bridgehead atoms. The van der Waals surface area contributed by atoms with Crippen molar-refractivity contribution in [1.82, 2.24) is 24.8 Å². The summed E-state index contributed by atoms with van der Waals surface area (Å²) < 4.78 is 0. The molecule has 1 aliphatic carbocycles. The molecule has 0 saturated heterocycles. The second kappa shape index (κ2) is 6.96. The van der Waals surface area contributed by atoms with Crippen molar-refractivity contribution < 1.29 is 0 Å². The Balaban J connectivity index is 1.48. The Morgan fingerprint density at radius 3 is 2.96 bits per heavy atom. The zero-order chi connectivity index (χ0) is 18.2. The monoisotopic (exact) mass is 378 g/mol. The topological polar surface area (TPSA) is 70.1 Å². The number of imidazole rings is 1. The number of rotatable bonds is 4. The van der Waals surface area contributed by atoms with Crippen molar-refractivity contribution in [3.63, 3.8) is 0 Å². The standard InChI is InChI=1S/C20H22N6S/c1-13-5-4-8-16-15(13)9-26(14-6-2-3-7-14)17(25-16)10-27-20-18-19(22-11-21-18)23-12-24-20/h4-5,8-9,11-12,14,17H,2-3,6-7,10H2,1H3,(H,21,22,23,24). The normalized spacial score (nSPS) is 19.7. The molecule has 0 amide bonds. The minimum atomic E-state index is 0.125. The van der Waals surface area contributed by atoms with Crippen LogP contribution in [0.15, 0.2) is 40.9 Å². The molecule has 3 aromatic rings. The maximum absolute atomic E-state index is 5.12. The summed E-state index contributed by atoms with van der Waals surface area (Å²) in [4.78, 5) is 23.7. The third-order valence-electron chi connectivity index (χ3n) is 5.52. The zero-order valence-corrected chi connectivity index (χ0v) is 16.1. The number of benzene rings is 1. The van der Waals surface area contributed by atoms with Gasteiger partial charge in [-0.2, -0.15) is 0 Å². The number of nitrogens with zero attached hydrogens (tertiary/aromatic N) is 5. The number of nitrogens with one attached hydrogen (secondary N) is 1. The Hall–Kier alpha value is -2.41. The fraction of sp³-hybridized carbons (Fsp3) is 0.400. The number of aromatic nitrogens is 4. The van der Waals surface area contributed by atoms with Gasteiger partial charge in [0, 0.05) is 23.2 Å². The van der Waals surface area contributed by atoms with Crippen LogP contribution in [-0.4, -0.2) is 42.8 Å². The molecule has 138 valence electrons. The molecule has 1 aromatic carbocycles. The van der Waals surface area contributed by atoms with Gasteiger partial charge >= 0.3 is 0 Å². The average molecular weight is 379 g/mol. The minimum absolute atomic E-state index is 0.125. The first-order valence-electron chi connectivity index (χ1n) is 9.49. The van der Waals surface area contributed by atoms with Crippen molar-refractivity contribution in [3.8, 4) is 0 Å². The third-order valence-corrected chi connectivity index (χ3v) is 6.56. The van der Waals surface area contributed by atoms with E-state index in [0.717, 1.165) is 21.7 Å². The molecule has 2 aliphatic rings. The van der Waals surface area contributed by atoms with Crippen LogP contribution in [0, 0.1) is 6.92 Å². The number of H-pyrrole nitrogens is 1. The number of fused-ring (bicyclic) bond motifs is 2. The highest BCUT2D eigenvalue weighted by Crippen LogP contribution is 2.29. The van der Waals surface area contributed by atoms with Gasteiger partial charge in [0.05, 0.1) is 11.7 Å². The highest BCUT2D eigenvalue weighted by Gasteiger charge is 2.28. The van der Waals surface area contributed by atoms with E-state index in [9.17, 15) is 0 Å². The van der Waals surface area contributed by atoms with Gasteiger partial charge in [-0.25, -0.2) is 15.0 Å². The number of hydrogen-bond donors (Lipinski definition) is 1. The summed E-state index contributed by atoms with van der Waals surface area (Å²) in [7, 11) is 0. The molecule has 0 radical (unpaired) electrons. The molecular weight excluding hydrogens is 356 g/mol. The Labute approximate surface area is 161 Å². The van der Waals surface area contributed by atoms with Gasteiger partial charge in [0.1, 0.15) is 23.0 Å². The first-order chi connectivity index (χ1) is 13.3. The largest absolute Gasteiger partial charge is 0.352 e. The lowest BCUT2D eigenvalue weighted by atomic mass is 10.1. The Morgan fingerprint density at radius 2 is 2.07 bits per heavy atom. The van der Waals surface area contributed by atoms with Crippen LogP contribution in [-0.2, 0) is 0 Å². The van der Waals surface area contributed by atoms with E-state index in [2.05, 4.69) is 56.2 Å². The van der Waals surface area contributed by atoms with Crippen LogP contribution in [0.2, 0.25) is 0 Å². The predicted octanol–water partition coefficient (Wildman–Crippen LogP) is 2.40. The van der Waals surface area contributed by atoms with E-state index in [1.165, 1.54) is 36.5 Å². The summed E-state index contributed by atoms with van der Waals surface area (Å²) in [6.07, 6.45) is 10.9. The highest BCUT2D eigenvalue weighted by molar-refractivity contribution is 7.99. The molecule has 6 nitrogen and oxygen atoms in total. The Bertz CT molecular complexity index is 1090. The second-order valence-electron chi connectivity index (χ2n) is 7.22. The molecular formula is C20H22N6S. The number of thioether (sulfide) groups is 1. The summed E-state index contributed by atoms with van der Waals surface area (Å²) in [5.74, 6) is 0.853. The molecule has 5 rings (SSSR count). The summed E-state index contributed by atoms with van der Waals surface area (Å²) in [5.41, 5.74) is 2.92. The van der Waals surface area contributed by atoms with Gasteiger partial charge in [-0.05, 0) is 31.4 Å². The lowest BCUT2D eigenvalue weighted by molar-refractivity contribution is 0.245. The summed E-state index contributed by atoms with van der Waals surface area (Å²) >= 11 is 1.72. The van der Waals surface area contributed by atoms with E-state index in [0.29, 0.717) is 11.7 Å². The predicted molar refractivity (Wildman–Crippen MR) is 107 cm³/mol. The second-order valence-corrected chi connectivity index (χ2v) is 8.23. The van der Waals surface area contributed by atoms with E-state index in [4.69, 9.17) is 4.99 Å². The average Bonchev–Trinajstić information content (AvgIpc) is 3.38. The summed E-state index contributed by atoms with van der Waals surface area (Å²) in [6, 6.07) is 6.98. The van der Waals surface area contributed by atoms with Crippen molar-refractivity contribution in [2.75, 3.05) is 5.75 Å². The van der Waals surface area contributed by atoms with Gasteiger partial charge in [-0.15, -0.1) is 0 Å². The lowest BCUT2D eigenvalue weighted by Crippen LogP contribution is -2.47. The Morgan fingerprint density at radius 1 is 1.19 bits per heavy atom. The zero-order valence-electron chi connectivity index (χ0n) is 15.3. The number of aromatic amines is 1. The maximum Gasteiger partial charge on any atom is 0.181 e. The number of aryl methyl sites for hydroxylation is 1. The quantitative estimate of drug-likeness (QED) is 0.558. The molecule has 2 aromatic heterocycles. The minimum Gasteiger partial charge on any atom is -0.352 e. The fourth-order valence-corrected chi connectivity index (χ4v) is 5.06.